The van der Waals surface area contributed by atoms with Crippen LogP contribution in [0.2, 0.25) is 0 Å². The highest BCUT2D eigenvalue weighted by atomic mass is 16.4. The first-order valence-corrected chi connectivity index (χ1v) is 5.15. The molecular formula is C9H16N4O5. The summed E-state index contributed by atoms with van der Waals surface area (Å²) in [6.07, 6.45) is 0. The number of hydrogen-bond donors (Lipinski definition) is 4. The van der Waals surface area contributed by atoms with Crippen LogP contribution in [0, 0.1) is 0 Å². The van der Waals surface area contributed by atoms with Gasteiger partial charge in [0.25, 0.3) is 0 Å². The lowest BCUT2D eigenvalue weighted by atomic mass is 10.4. The van der Waals surface area contributed by atoms with Gasteiger partial charge in [0.05, 0.1) is 19.6 Å². The Bertz CT molecular complexity index is 328. The van der Waals surface area contributed by atoms with Gasteiger partial charge in [0.15, 0.2) is 0 Å². The van der Waals surface area contributed by atoms with Crippen LogP contribution in [0.3, 0.4) is 0 Å². The Hall–Kier alpha value is -2.16. The van der Waals surface area contributed by atoms with Crippen LogP contribution in [0.15, 0.2) is 0 Å². The van der Waals surface area contributed by atoms with E-state index < -0.39 is 36.9 Å². The van der Waals surface area contributed by atoms with Crippen LogP contribution >= 0.6 is 0 Å². The summed E-state index contributed by atoms with van der Waals surface area (Å²) in [5.74, 6) is -2.69. The summed E-state index contributed by atoms with van der Waals surface area (Å²) in [6.45, 7) is 0.709. The molecular weight excluding hydrogens is 244 g/mol. The summed E-state index contributed by atoms with van der Waals surface area (Å²) in [5, 5.41) is 12.9. The fraction of sp³-hybridized carbons (Fsp3) is 0.556. The van der Waals surface area contributed by atoms with Crippen molar-refractivity contribution in [3.8, 4) is 0 Å². The van der Waals surface area contributed by atoms with Crippen LogP contribution in [0.5, 0.6) is 0 Å². The van der Waals surface area contributed by atoms with Crippen molar-refractivity contribution >= 4 is 23.8 Å². The summed E-state index contributed by atoms with van der Waals surface area (Å²) in [4.78, 5) is 44.5. The lowest BCUT2D eigenvalue weighted by Gasteiger charge is -2.17. The number of imide groups is 1. The molecule has 0 bridgehead atoms. The molecule has 0 unspecified atom stereocenters. The average molecular weight is 260 g/mol. The van der Waals surface area contributed by atoms with Gasteiger partial charge in [0, 0.05) is 6.54 Å². The standard InChI is InChI=1S/C9H16N4O5/c1-2-11-9(18)12-7(15)4-13(3-6(10)14)5-8(16)17/h2-5H2,1H3,(H2,10,14)(H,16,17)(H2,11,12,15,18). The third-order valence-electron chi connectivity index (χ3n) is 1.70. The molecule has 4 amide bonds. The van der Waals surface area contributed by atoms with Crippen LogP contribution < -0.4 is 16.4 Å². The minimum atomic E-state index is -1.21. The predicted octanol–water partition coefficient (Wildman–Crippen LogP) is -2.30. The second-order valence-electron chi connectivity index (χ2n) is 3.41. The first-order valence-electron chi connectivity index (χ1n) is 5.15. The first kappa shape index (κ1) is 15.8. The number of nitrogens with zero attached hydrogens (tertiary/aromatic N) is 1. The first-order chi connectivity index (χ1) is 8.35. The summed E-state index contributed by atoms with van der Waals surface area (Å²) in [7, 11) is 0. The minimum absolute atomic E-state index is 0.346. The van der Waals surface area contributed by atoms with Gasteiger partial charge in [0.2, 0.25) is 11.8 Å². The van der Waals surface area contributed by atoms with E-state index in [2.05, 4.69) is 5.32 Å². The van der Waals surface area contributed by atoms with Gasteiger partial charge < -0.3 is 16.2 Å². The van der Waals surface area contributed by atoms with Crippen LogP contribution in [-0.2, 0) is 14.4 Å². The topological polar surface area (TPSA) is 142 Å². The van der Waals surface area contributed by atoms with E-state index in [1.165, 1.54) is 0 Å². The van der Waals surface area contributed by atoms with E-state index in [0.717, 1.165) is 4.90 Å². The van der Waals surface area contributed by atoms with Crippen molar-refractivity contribution in [1.29, 1.82) is 0 Å². The molecule has 5 N–H and O–H groups in total. The van der Waals surface area contributed by atoms with Gasteiger partial charge in [-0.25, -0.2) is 4.79 Å². The Morgan fingerprint density at radius 3 is 2.22 bits per heavy atom. The molecule has 9 heteroatoms. The van der Waals surface area contributed by atoms with Crippen LogP contribution in [-0.4, -0.2) is 60.0 Å². The van der Waals surface area contributed by atoms with E-state index in [4.69, 9.17) is 10.8 Å². The molecule has 18 heavy (non-hydrogen) atoms. The maximum absolute atomic E-state index is 11.3. The lowest BCUT2D eigenvalue weighted by molar-refractivity contribution is -0.139. The molecule has 0 aliphatic heterocycles. The number of nitrogens with two attached hydrogens (primary N) is 1. The number of primary amides is 1. The summed E-state index contributed by atoms with van der Waals surface area (Å²) < 4.78 is 0. The number of carbonyl (C=O) groups is 4. The summed E-state index contributed by atoms with van der Waals surface area (Å²) >= 11 is 0. The van der Waals surface area contributed by atoms with Crippen molar-refractivity contribution < 1.29 is 24.3 Å². The Morgan fingerprint density at radius 1 is 1.17 bits per heavy atom. The van der Waals surface area contributed by atoms with Crippen LogP contribution in [0.25, 0.3) is 0 Å². The molecule has 0 aliphatic carbocycles. The molecule has 0 rings (SSSR count). The van der Waals surface area contributed by atoms with E-state index in [0.29, 0.717) is 6.54 Å². The number of rotatable bonds is 7. The van der Waals surface area contributed by atoms with Crippen molar-refractivity contribution in [2.24, 2.45) is 5.73 Å². The maximum atomic E-state index is 11.3. The predicted molar refractivity (Wildman–Crippen MR) is 60.5 cm³/mol. The molecule has 0 saturated heterocycles. The maximum Gasteiger partial charge on any atom is 0.321 e. The normalized spacial score (nSPS) is 9.89. The highest BCUT2D eigenvalue weighted by Crippen LogP contribution is 1.88. The molecule has 0 radical (unpaired) electrons. The number of carboxylic acids is 1. The Morgan fingerprint density at radius 2 is 1.78 bits per heavy atom. The number of hydrogen-bond acceptors (Lipinski definition) is 5. The van der Waals surface area contributed by atoms with Gasteiger partial charge in [-0.15, -0.1) is 0 Å². The molecule has 0 aliphatic rings. The van der Waals surface area contributed by atoms with E-state index in [9.17, 15) is 19.2 Å². The van der Waals surface area contributed by atoms with E-state index >= 15 is 0 Å². The summed E-state index contributed by atoms with van der Waals surface area (Å²) in [5.41, 5.74) is 4.91. The van der Waals surface area contributed by atoms with Crippen LogP contribution in [0.1, 0.15) is 6.92 Å². The van der Waals surface area contributed by atoms with E-state index in [1.807, 2.05) is 5.32 Å². The Labute approximate surface area is 103 Å². The number of urea groups is 1. The average Bonchev–Trinajstić information content (AvgIpc) is 2.14. The zero-order valence-electron chi connectivity index (χ0n) is 9.93. The number of carboxylic acid groups (broad SMARTS) is 1. The van der Waals surface area contributed by atoms with E-state index in [1.54, 1.807) is 6.92 Å². The molecule has 9 nitrogen and oxygen atoms in total. The third-order valence-corrected chi connectivity index (χ3v) is 1.70. The van der Waals surface area contributed by atoms with Gasteiger partial charge in [-0.05, 0) is 6.92 Å². The molecule has 0 heterocycles. The molecule has 0 spiro atoms. The Kier molecular flexibility index (Phi) is 7.05. The number of nitrogens with one attached hydrogen (secondary N) is 2. The largest absolute Gasteiger partial charge is 0.480 e. The van der Waals surface area contributed by atoms with Gasteiger partial charge in [-0.2, -0.15) is 0 Å². The molecule has 102 valence electrons. The van der Waals surface area contributed by atoms with Crippen molar-refractivity contribution in [3.63, 3.8) is 0 Å². The Balaban J connectivity index is 4.29. The molecule has 0 atom stereocenters. The molecule has 0 saturated carbocycles. The quantitative estimate of drug-likeness (QED) is 0.405. The second-order valence-corrected chi connectivity index (χ2v) is 3.41. The zero-order chi connectivity index (χ0) is 14.1. The molecule has 0 aromatic rings. The fourth-order valence-electron chi connectivity index (χ4n) is 1.15. The van der Waals surface area contributed by atoms with Crippen molar-refractivity contribution in [3.05, 3.63) is 0 Å². The van der Waals surface area contributed by atoms with Crippen molar-refractivity contribution in [2.75, 3.05) is 26.2 Å². The number of aliphatic carboxylic acids is 1. The van der Waals surface area contributed by atoms with Crippen molar-refractivity contribution in [2.45, 2.75) is 6.92 Å². The second kappa shape index (κ2) is 8.01. The minimum Gasteiger partial charge on any atom is -0.480 e. The fourth-order valence-corrected chi connectivity index (χ4v) is 1.15. The van der Waals surface area contributed by atoms with E-state index in [-0.39, 0.29) is 6.54 Å². The lowest BCUT2D eigenvalue weighted by Crippen LogP contribution is -2.47. The van der Waals surface area contributed by atoms with Gasteiger partial charge >= 0.3 is 12.0 Å². The zero-order valence-corrected chi connectivity index (χ0v) is 9.93. The van der Waals surface area contributed by atoms with Gasteiger partial charge in [-0.1, -0.05) is 0 Å². The molecule has 0 aromatic carbocycles. The van der Waals surface area contributed by atoms with Gasteiger partial charge in [0.1, 0.15) is 0 Å². The third kappa shape index (κ3) is 8.05. The number of carbonyl (C=O) groups excluding carboxylic acids is 3. The van der Waals surface area contributed by atoms with Crippen LogP contribution in [0.4, 0.5) is 4.79 Å². The van der Waals surface area contributed by atoms with Crippen molar-refractivity contribution in [1.82, 2.24) is 15.5 Å². The monoisotopic (exact) mass is 260 g/mol. The molecule has 0 aromatic heterocycles. The van der Waals surface area contributed by atoms with Gasteiger partial charge in [-0.3, -0.25) is 24.6 Å². The number of amides is 4. The smallest absolute Gasteiger partial charge is 0.321 e. The highest BCUT2D eigenvalue weighted by Gasteiger charge is 2.17. The summed E-state index contributed by atoms with van der Waals surface area (Å²) in [6, 6.07) is -0.683. The highest BCUT2D eigenvalue weighted by molar-refractivity contribution is 5.95. The molecule has 0 fully saturated rings. The SMILES string of the molecule is CCNC(=O)NC(=O)CN(CC(N)=O)CC(=O)O.